The highest BCUT2D eigenvalue weighted by atomic mass is 35.5. The van der Waals surface area contributed by atoms with Gasteiger partial charge in [-0.15, -0.1) is 11.8 Å². The van der Waals surface area contributed by atoms with E-state index in [1.165, 1.54) is 40.2 Å². The molecule has 8 nitrogen and oxygen atoms in total. The molecule has 0 saturated heterocycles. The number of halogens is 1. The van der Waals surface area contributed by atoms with Crippen LogP contribution >= 0.6 is 23.4 Å². The number of thioether (sulfide) groups is 1. The van der Waals surface area contributed by atoms with Crippen molar-refractivity contribution >= 4 is 46.6 Å². The zero-order chi connectivity index (χ0) is 26.9. The molecule has 3 aromatic rings. The van der Waals surface area contributed by atoms with Crippen LogP contribution in [0, 0.1) is 0 Å². The van der Waals surface area contributed by atoms with Crippen LogP contribution < -0.4 is 29.6 Å². The third-order valence-corrected chi connectivity index (χ3v) is 7.06. The van der Waals surface area contributed by atoms with Crippen LogP contribution in [-0.2, 0) is 4.79 Å². The molecule has 0 aliphatic heterocycles. The van der Waals surface area contributed by atoms with E-state index in [4.69, 9.17) is 30.5 Å². The Morgan fingerprint density at radius 3 is 2.19 bits per heavy atom. The predicted molar refractivity (Wildman–Crippen MR) is 147 cm³/mol. The Balaban J connectivity index is 1.72. The number of carbonyl (C=O) groups is 2. The standard InChI is InChI=1S/C27H29ClN2O6S/c1-6-25(27(32)30-20-14-19(28)22(34-3)15-23(20)35-4)37-18-9-7-8-17(13-18)29-26(31)16-10-11-21(33-2)24(12-16)36-5/h7-15,25H,6H2,1-5H3,(H,29,31)(H,30,32). The maximum atomic E-state index is 13.1. The predicted octanol–water partition coefficient (Wildman–Crippen LogP) is 6.14. The number of hydrogen-bond acceptors (Lipinski definition) is 7. The third kappa shape index (κ3) is 7.02. The first-order chi connectivity index (χ1) is 17.8. The van der Waals surface area contributed by atoms with E-state index in [-0.39, 0.29) is 11.8 Å². The van der Waals surface area contributed by atoms with E-state index in [9.17, 15) is 9.59 Å². The summed E-state index contributed by atoms with van der Waals surface area (Å²) in [5, 5.41) is 5.74. The summed E-state index contributed by atoms with van der Waals surface area (Å²) in [5.41, 5.74) is 1.48. The number of carbonyl (C=O) groups excluding carboxylic acids is 2. The summed E-state index contributed by atoms with van der Waals surface area (Å²) in [6, 6.07) is 15.5. The molecule has 3 aromatic carbocycles. The molecule has 0 aliphatic carbocycles. The summed E-state index contributed by atoms with van der Waals surface area (Å²) in [6.07, 6.45) is 0.574. The number of hydrogen-bond donors (Lipinski definition) is 2. The molecule has 0 aromatic heterocycles. The number of nitrogens with one attached hydrogen (secondary N) is 2. The number of methoxy groups -OCH3 is 4. The lowest BCUT2D eigenvalue weighted by Crippen LogP contribution is -2.24. The highest BCUT2D eigenvalue weighted by molar-refractivity contribution is 8.00. The quantitative estimate of drug-likeness (QED) is 0.280. The number of rotatable bonds is 11. The fourth-order valence-corrected chi connectivity index (χ4v) is 4.74. The van der Waals surface area contributed by atoms with Gasteiger partial charge in [0.25, 0.3) is 5.91 Å². The zero-order valence-electron chi connectivity index (χ0n) is 21.2. The molecule has 196 valence electrons. The maximum Gasteiger partial charge on any atom is 0.255 e. The van der Waals surface area contributed by atoms with Gasteiger partial charge in [0, 0.05) is 22.2 Å². The lowest BCUT2D eigenvalue weighted by atomic mass is 10.2. The minimum absolute atomic E-state index is 0.202. The van der Waals surface area contributed by atoms with Gasteiger partial charge in [0.1, 0.15) is 11.5 Å². The Labute approximate surface area is 225 Å². The monoisotopic (exact) mass is 544 g/mol. The molecular weight excluding hydrogens is 516 g/mol. The Bertz CT molecular complexity index is 1270. The SMILES string of the molecule is CCC(Sc1cccc(NC(=O)c2ccc(OC)c(OC)c2)c1)C(=O)Nc1cc(Cl)c(OC)cc1OC. The average molecular weight is 545 g/mol. The molecule has 3 rings (SSSR count). The first-order valence-electron chi connectivity index (χ1n) is 11.4. The summed E-state index contributed by atoms with van der Waals surface area (Å²) < 4.78 is 21.1. The first kappa shape index (κ1) is 28.0. The topological polar surface area (TPSA) is 95.1 Å². The van der Waals surface area contributed by atoms with Gasteiger partial charge in [0.15, 0.2) is 11.5 Å². The molecule has 0 heterocycles. The van der Waals surface area contributed by atoms with Gasteiger partial charge in [0.2, 0.25) is 5.91 Å². The van der Waals surface area contributed by atoms with Gasteiger partial charge >= 0.3 is 0 Å². The average Bonchev–Trinajstić information content (AvgIpc) is 2.91. The van der Waals surface area contributed by atoms with Gasteiger partial charge in [-0.25, -0.2) is 0 Å². The molecule has 0 fully saturated rings. The molecule has 2 amide bonds. The number of anilines is 2. The highest BCUT2D eigenvalue weighted by Gasteiger charge is 2.21. The number of amides is 2. The van der Waals surface area contributed by atoms with E-state index in [1.807, 2.05) is 25.1 Å². The molecule has 0 aliphatic rings. The molecular formula is C27H29ClN2O6S. The van der Waals surface area contributed by atoms with Crippen molar-refractivity contribution in [3.8, 4) is 23.0 Å². The molecule has 0 spiro atoms. The van der Waals surface area contributed by atoms with E-state index in [2.05, 4.69) is 10.6 Å². The smallest absolute Gasteiger partial charge is 0.255 e. The summed E-state index contributed by atoms with van der Waals surface area (Å²) in [5.74, 6) is 1.39. The highest BCUT2D eigenvalue weighted by Crippen LogP contribution is 2.37. The Morgan fingerprint density at radius 2 is 1.54 bits per heavy atom. The van der Waals surface area contributed by atoms with Crippen LogP contribution in [0.15, 0.2) is 59.5 Å². The summed E-state index contributed by atoms with van der Waals surface area (Å²) in [7, 11) is 6.06. The first-order valence-corrected chi connectivity index (χ1v) is 12.6. The Kier molecular flexibility index (Phi) is 9.93. The lowest BCUT2D eigenvalue weighted by molar-refractivity contribution is -0.115. The van der Waals surface area contributed by atoms with E-state index in [0.29, 0.717) is 51.4 Å². The molecule has 2 N–H and O–H groups in total. The molecule has 37 heavy (non-hydrogen) atoms. The lowest BCUT2D eigenvalue weighted by Gasteiger charge is -2.18. The van der Waals surface area contributed by atoms with E-state index in [1.54, 1.807) is 36.4 Å². The van der Waals surface area contributed by atoms with Crippen molar-refractivity contribution in [3.05, 3.63) is 65.2 Å². The van der Waals surface area contributed by atoms with Crippen LogP contribution in [0.4, 0.5) is 11.4 Å². The fourth-order valence-electron chi connectivity index (χ4n) is 3.49. The molecule has 1 unspecified atom stereocenters. The van der Waals surface area contributed by atoms with Crippen LogP contribution in [0.2, 0.25) is 5.02 Å². The van der Waals surface area contributed by atoms with Gasteiger partial charge in [-0.2, -0.15) is 0 Å². The summed E-state index contributed by atoms with van der Waals surface area (Å²) in [6.45, 7) is 1.93. The van der Waals surface area contributed by atoms with Gasteiger partial charge in [-0.1, -0.05) is 24.6 Å². The number of benzene rings is 3. The second kappa shape index (κ2) is 13.1. The summed E-state index contributed by atoms with van der Waals surface area (Å²) >= 11 is 7.63. The number of ether oxygens (including phenoxy) is 4. The van der Waals surface area contributed by atoms with Crippen LogP contribution in [0.3, 0.4) is 0 Å². The minimum atomic E-state index is -0.401. The second-order valence-corrected chi connectivity index (χ2v) is 9.43. The third-order valence-electron chi connectivity index (χ3n) is 5.41. The van der Waals surface area contributed by atoms with Crippen LogP contribution in [0.25, 0.3) is 0 Å². The van der Waals surface area contributed by atoms with E-state index < -0.39 is 5.25 Å². The van der Waals surface area contributed by atoms with Crippen molar-refractivity contribution in [3.63, 3.8) is 0 Å². The van der Waals surface area contributed by atoms with Gasteiger partial charge in [0.05, 0.1) is 44.4 Å². The van der Waals surface area contributed by atoms with E-state index >= 15 is 0 Å². The minimum Gasteiger partial charge on any atom is -0.495 e. The molecule has 1 atom stereocenters. The Morgan fingerprint density at radius 1 is 0.838 bits per heavy atom. The van der Waals surface area contributed by atoms with E-state index in [0.717, 1.165) is 4.90 Å². The van der Waals surface area contributed by atoms with Crippen molar-refractivity contribution < 1.29 is 28.5 Å². The van der Waals surface area contributed by atoms with Gasteiger partial charge < -0.3 is 29.6 Å². The van der Waals surface area contributed by atoms with Crippen molar-refractivity contribution in [1.29, 1.82) is 0 Å². The van der Waals surface area contributed by atoms with Gasteiger partial charge in [-0.05, 0) is 48.9 Å². The van der Waals surface area contributed by atoms with Crippen molar-refractivity contribution in [1.82, 2.24) is 0 Å². The van der Waals surface area contributed by atoms with Crippen molar-refractivity contribution in [2.75, 3.05) is 39.1 Å². The van der Waals surface area contributed by atoms with Crippen LogP contribution in [0.5, 0.6) is 23.0 Å². The van der Waals surface area contributed by atoms with Crippen LogP contribution in [-0.4, -0.2) is 45.5 Å². The van der Waals surface area contributed by atoms with Crippen molar-refractivity contribution in [2.24, 2.45) is 0 Å². The fraction of sp³-hybridized carbons (Fsp3) is 0.259. The molecule has 0 bridgehead atoms. The molecule has 0 radical (unpaired) electrons. The van der Waals surface area contributed by atoms with Crippen molar-refractivity contribution in [2.45, 2.75) is 23.5 Å². The van der Waals surface area contributed by atoms with Gasteiger partial charge in [-0.3, -0.25) is 9.59 Å². The zero-order valence-corrected chi connectivity index (χ0v) is 22.8. The molecule has 10 heteroatoms. The molecule has 0 saturated carbocycles. The second-order valence-electron chi connectivity index (χ2n) is 7.74. The largest absolute Gasteiger partial charge is 0.495 e. The van der Waals surface area contributed by atoms with Crippen LogP contribution in [0.1, 0.15) is 23.7 Å². The Hall–Kier alpha value is -3.56. The normalized spacial score (nSPS) is 11.3. The maximum absolute atomic E-state index is 13.1. The summed E-state index contributed by atoms with van der Waals surface area (Å²) in [4.78, 5) is 26.7.